The second kappa shape index (κ2) is 5.07. The molecule has 0 unspecified atom stereocenters. The Balaban J connectivity index is 2.36. The molecule has 1 rings (SSSR count). The molecule has 0 heterocycles. The first-order chi connectivity index (χ1) is 6.59. The number of aliphatic hydroxyl groups excluding tert-OH is 2. The van der Waals surface area contributed by atoms with Crippen LogP contribution in [0, 0.1) is 0 Å². The van der Waals surface area contributed by atoms with Gasteiger partial charge in [-0.05, 0) is 32.6 Å². The molecule has 1 fully saturated rings. The van der Waals surface area contributed by atoms with Gasteiger partial charge in [0.1, 0.15) is 0 Å². The van der Waals surface area contributed by atoms with E-state index in [0.29, 0.717) is 12.1 Å². The summed E-state index contributed by atoms with van der Waals surface area (Å²) < 4.78 is 0. The molecule has 1 aliphatic rings. The lowest BCUT2D eigenvalue weighted by Crippen LogP contribution is -2.54. The van der Waals surface area contributed by atoms with Crippen LogP contribution in [-0.2, 0) is 0 Å². The zero-order valence-corrected chi connectivity index (χ0v) is 8.87. The number of nitrogens with one attached hydrogen (secondary N) is 1. The van der Waals surface area contributed by atoms with E-state index in [2.05, 4.69) is 5.32 Å². The van der Waals surface area contributed by atoms with Crippen molar-refractivity contribution in [3.05, 3.63) is 0 Å². The van der Waals surface area contributed by atoms with Gasteiger partial charge in [-0.3, -0.25) is 0 Å². The van der Waals surface area contributed by atoms with Crippen molar-refractivity contribution in [1.82, 2.24) is 5.32 Å². The highest BCUT2D eigenvalue weighted by molar-refractivity contribution is 4.88. The minimum atomic E-state index is -0.550. The van der Waals surface area contributed by atoms with Crippen molar-refractivity contribution >= 4 is 0 Å². The molecule has 5 N–H and O–H groups in total. The number of rotatable bonds is 4. The smallest absolute Gasteiger partial charge is 0.0633 e. The van der Waals surface area contributed by atoms with Gasteiger partial charge in [-0.15, -0.1) is 0 Å². The molecule has 0 aromatic rings. The van der Waals surface area contributed by atoms with E-state index < -0.39 is 5.54 Å². The fourth-order valence-electron chi connectivity index (χ4n) is 1.90. The van der Waals surface area contributed by atoms with Crippen molar-refractivity contribution < 1.29 is 10.2 Å². The SMILES string of the molecule is CC(CO)(CO)NC1CCC(N)CC1. The van der Waals surface area contributed by atoms with Crippen LogP contribution in [0.3, 0.4) is 0 Å². The van der Waals surface area contributed by atoms with E-state index >= 15 is 0 Å². The monoisotopic (exact) mass is 202 g/mol. The van der Waals surface area contributed by atoms with Crippen molar-refractivity contribution in [2.24, 2.45) is 5.73 Å². The summed E-state index contributed by atoms with van der Waals surface area (Å²) in [5, 5.41) is 21.5. The molecule has 0 bridgehead atoms. The zero-order valence-electron chi connectivity index (χ0n) is 8.87. The molecule has 84 valence electrons. The molecule has 1 aliphatic carbocycles. The molecule has 14 heavy (non-hydrogen) atoms. The summed E-state index contributed by atoms with van der Waals surface area (Å²) in [6.07, 6.45) is 4.14. The fraction of sp³-hybridized carbons (Fsp3) is 1.00. The van der Waals surface area contributed by atoms with E-state index in [1.54, 1.807) is 0 Å². The van der Waals surface area contributed by atoms with Gasteiger partial charge < -0.3 is 21.3 Å². The second-order valence-electron chi connectivity index (χ2n) is 4.63. The van der Waals surface area contributed by atoms with Crippen LogP contribution >= 0.6 is 0 Å². The highest BCUT2D eigenvalue weighted by atomic mass is 16.3. The molecule has 0 aromatic heterocycles. The van der Waals surface area contributed by atoms with Gasteiger partial charge in [-0.1, -0.05) is 0 Å². The van der Waals surface area contributed by atoms with Crippen LogP contribution in [0.5, 0.6) is 0 Å². The largest absolute Gasteiger partial charge is 0.394 e. The van der Waals surface area contributed by atoms with E-state index in [-0.39, 0.29) is 13.2 Å². The van der Waals surface area contributed by atoms with Gasteiger partial charge in [0.25, 0.3) is 0 Å². The molecule has 0 spiro atoms. The minimum absolute atomic E-state index is 0.0357. The topological polar surface area (TPSA) is 78.5 Å². The maximum absolute atomic E-state index is 9.12. The first-order valence-electron chi connectivity index (χ1n) is 5.34. The van der Waals surface area contributed by atoms with Gasteiger partial charge in [-0.2, -0.15) is 0 Å². The number of hydrogen-bond acceptors (Lipinski definition) is 4. The molecule has 4 heteroatoms. The number of nitrogens with two attached hydrogens (primary N) is 1. The van der Waals surface area contributed by atoms with Crippen molar-refractivity contribution in [3.63, 3.8) is 0 Å². The summed E-state index contributed by atoms with van der Waals surface area (Å²) in [5.74, 6) is 0. The Morgan fingerprint density at radius 1 is 1.21 bits per heavy atom. The third-order valence-electron chi connectivity index (χ3n) is 3.02. The lowest BCUT2D eigenvalue weighted by molar-refractivity contribution is 0.0875. The molecule has 0 aliphatic heterocycles. The van der Waals surface area contributed by atoms with Gasteiger partial charge in [0.2, 0.25) is 0 Å². The summed E-state index contributed by atoms with van der Waals surface area (Å²) in [4.78, 5) is 0. The van der Waals surface area contributed by atoms with Crippen LogP contribution in [0.25, 0.3) is 0 Å². The molecule has 0 saturated heterocycles. The Morgan fingerprint density at radius 2 is 1.71 bits per heavy atom. The predicted molar refractivity (Wildman–Crippen MR) is 55.9 cm³/mol. The van der Waals surface area contributed by atoms with Crippen LogP contribution in [0.15, 0.2) is 0 Å². The fourth-order valence-corrected chi connectivity index (χ4v) is 1.90. The molecule has 0 atom stereocenters. The number of aliphatic hydroxyl groups is 2. The van der Waals surface area contributed by atoms with Crippen molar-refractivity contribution in [2.75, 3.05) is 13.2 Å². The Labute approximate surface area is 85.5 Å². The maximum atomic E-state index is 9.12. The zero-order chi connectivity index (χ0) is 10.6. The minimum Gasteiger partial charge on any atom is -0.394 e. The van der Waals surface area contributed by atoms with Crippen LogP contribution in [0.1, 0.15) is 32.6 Å². The second-order valence-corrected chi connectivity index (χ2v) is 4.63. The Kier molecular flexibility index (Phi) is 4.31. The van der Waals surface area contributed by atoms with E-state index in [0.717, 1.165) is 25.7 Å². The van der Waals surface area contributed by atoms with Crippen LogP contribution in [-0.4, -0.2) is 41.0 Å². The van der Waals surface area contributed by atoms with Gasteiger partial charge in [0.15, 0.2) is 0 Å². The summed E-state index contributed by atoms with van der Waals surface area (Å²) in [6, 6.07) is 0.724. The van der Waals surface area contributed by atoms with Gasteiger partial charge >= 0.3 is 0 Å². The molecule has 0 amide bonds. The highest BCUT2D eigenvalue weighted by Gasteiger charge is 2.27. The van der Waals surface area contributed by atoms with Gasteiger partial charge in [0.05, 0.1) is 18.8 Å². The van der Waals surface area contributed by atoms with E-state index in [4.69, 9.17) is 15.9 Å². The molecular weight excluding hydrogens is 180 g/mol. The molecule has 0 radical (unpaired) electrons. The number of hydrogen-bond donors (Lipinski definition) is 4. The average Bonchev–Trinajstić information content (AvgIpc) is 2.21. The quantitative estimate of drug-likeness (QED) is 0.500. The summed E-state index contributed by atoms with van der Waals surface area (Å²) in [5.41, 5.74) is 5.25. The van der Waals surface area contributed by atoms with Crippen molar-refractivity contribution in [1.29, 1.82) is 0 Å². The Morgan fingerprint density at radius 3 is 2.14 bits per heavy atom. The van der Waals surface area contributed by atoms with Crippen molar-refractivity contribution in [2.45, 2.75) is 50.2 Å². The Hall–Kier alpha value is -0.160. The lowest BCUT2D eigenvalue weighted by Gasteiger charge is -2.35. The van der Waals surface area contributed by atoms with Gasteiger partial charge in [0, 0.05) is 12.1 Å². The first-order valence-corrected chi connectivity index (χ1v) is 5.34. The molecular formula is C10H22N2O2. The maximum Gasteiger partial charge on any atom is 0.0633 e. The third-order valence-corrected chi connectivity index (χ3v) is 3.02. The molecule has 1 saturated carbocycles. The summed E-state index contributed by atoms with van der Waals surface area (Å²) in [6.45, 7) is 1.76. The normalized spacial score (nSPS) is 29.1. The van der Waals surface area contributed by atoms with Crippen LogP contribution in [0.2, 0.25) is 0 Å². The van der Waals surface area contributed by atoms with Crippen molar-refractivity contribution in [3.8, 4) is 0 Å². The molecule has 0 aromatic carbocycles. The first kappa shape index (κ1) is 11.9. The summed E-state index contributed by atoms with van der Waals surface area (Å²) >= 11 is 0. The molecule has 4 nitrogen and oxygen atoms in total. The standard InChI is InChI=1S/C10H22N2O2/c1-10(6-13,7-14)12-9-4-2-8(11)3-5-9/h8-9,12-14H,2-7,11H2,1H3. The highest BCUT2D eigenvalue weighted by Crippen LogP contribution is 2.19. The average molecular weight is 202 g/mol. The third kappa shape index (κ3) is 3.20. The summed E-state index contributed by atoms with van der Waals surface area (Å²) in [7, 11) is 0. The van der Waals surface area contributed by atoms with E-state index in [1.165, 1.54) is 0 Å². The predicted octanol–water partition coefficient (Wildman–Crippen LogP) is -0.411. The van der Waals surface area contributed by atoms with Crippen LogP contribution < -0.4 is 11.1 Å². The van der Waals surface area contributed by atoms with Gasteiger partial charge in [-0.25, -0.2) is 0 Å². The Bertz CT molecular complexity index is 164. The van der Waals surface area contributed by atoms with E-state index in [9.17, 15) is 0 Å². The lowest BCUT2D eigenvalue weighted by atomic mass is 9.90. The van der Waals surface area contributed by atoms with E-state index in [1.807, 2.05) is 6.92 Å². The van der Waals surface area contributed by atoms with Crippen LogP contribution in [0.4, 0.5) is 0 Å².